The summed E-state index contributed by atoms with van der Waals surface area (Å²) >= 11 is 0. The average molecular weight is 384 g/mol. The molecule has 0 spiro atoms. The van der Waals surface area contributed by atoms with Crippen molar-refractivity contribution in [3.63, 3.8) is 0 Å². The summed E-state index contributed by atoms with van der Waals surface area (Å²) in [6.45, 7) is 0. The second kappa shape index (κ2) is 6.50. The molecule has 0 fully saturated rings. The van der Waals surface area contributed by atoms with Gasteiger partial charge in [-0.1, -0.05) is 72.8 Å². The third kappa shape index (κ3) is 2.51. The fraction of sp³-hybridized carbons (Fsp3) is 0. The first-order valence-electron chi connectivity index (χ1n) is 10.2. The number of rotatable bonds is 2. The van der Waals surface area contributed by atoms with E-state index in [1.807, 2.05) is 6.07 Å². The van der Waals surface area contributed by atoms with Crippen LogP contribution in [0.2, 0.25) is 0 Å². The van der Waals surface area contributed by atoms with E-state index in [1.54, 1.807) is 0 Å². The summed E-state index contributed by atoms with van der Waals surface area (Å²) in [6, 6.07) is 38.4. The topological polar surface area (TPSA) is 30.9 Å². The van der Waals surface area contributed by atoms with E-state index in [4.69, 9.17) is 5.73 Å². The van der Waals surface area contributed by atoms with Crippen molar-refractivity contribution >= 4 is 38.3 Å². The van der Waals surface area contributed by atoms with E-state index >= 15 is 0 Å². The number of aromatic nitrogens is 1. The van der Waals surface area contributed by atoms with Crippen molar-refractivity contribution < 1.29 is 0 Å². The van der Waals surface area contributed by atoms with Gasteiger partial charge in [0.15, 0.2) is 0 Å². The van der Waals surface area contributed by atoms with Crippen LogP contribution in [0.3, 0.4) is 0 Å². The van der Waals surface area contributed by atoms with E-state index in [0.717, 1.165) is 22.5 Å². The van der Waals surface area contributed by atoms with Gasteiger partial charge in [-0.25, -0.2) is 0 Å². The Morgan fingerprint density at radius 3 is 2.03 bits per heavy atom. The first-order chi connectivity index (χ1) is 14.8. The van der Waals surface area contributed by atoms with Gasteiger partial charge in [0, 0.05) is 27.7 Å². The molecule has 2 N–H and O–H groups in total. The molecule has 142 valence electrons. The molecule has 0 atom stereocenters. The second-order valence-electron chi connectivity index (χ2n) is 7.71. The van der Waals surface area contributed by atoms with Gasteiger partial charge in [-0.3, -0.25) is 0 Å². The predicted molar refractivity (Wildman–Crippen MR) is 128 cm³/mol. The van der Waals surface area contributed by atoms with E-state index in [-0.39, 0.29) is 0 Å². The van der Waals surface area contributed by atoms with Gasteiger partial charge >= 0.3 is 0 Å². The van der Waals surface area contributed by atoms with E-state index in [2.05, 4.69) is 108 Å². The minimum absolute atomic E-state index is 0.801. The molecule has 0 aliphatic rings. The number of benzene rings is 5. The number of hydrogen-bond acceptors (Lipinski definition) is 1. The number of nitrogen functional groups attached to an aromatic ring is 1. The fourth-order valence-electron chi connectivity index (χ4n) is 4.50. The van der Waals surface area contributed by atoms with Crippen LogP contribution < -0.4 is 5.73 Å². The van der Waals surface area contributed by atoms with Crippen molar-refractivity contribution in [2.75, 3.05) is 5.73 Å². The number of hydrogen-bond donors (Lipinski definition) is 1. The predicted octanol–water partition coefficient (Wildman–Crippen LogP) is 7.19. The Labute approximate surface area is 174 Å². The molecule has 30 heavy (non-hydrogen) atoms. The highest BCUT2D eigenvalue weighted by Gasteiger charge is 2.14. The summed E-state index contributed by atoms with van der Waals surface area (Å²) in [6.07, 6.45) is 0. The Balaban J connectivity index is 1.67. The minimum atomic E-state index is 0.801. The van der Waals surface area contributed by atoms with Gasteiger partial charge in [-0.2, -0.15) is 0 Å². The molecule has 1 heterocycles. The summed E-state index contributed by atoms with van der Waals surface area (Å²) in [5.41, 5.74) is 13.0. The maximum Gasteiger partial charge on any atom is 0.0547 e. The molecule has 6 rings (SSSR count). The van der Waals surface area contributed by atoms with Crippen LogP contribution in [0.4, 0.5) is 5.69 Å². The Kier molecular flexibility index (Phi) is 3.65. The second-order valence-corrected chi connectivity index (χ2v) is 7.71. The van der Waals surface area contributed by atoms with Gasteiger partial charge in [0.05, 0.1) is 11.0 Å². The first kappa shape index (κ1) is 16.9. The van der Waals surface area contributed by atoms with E-state index in [1.165, 1.54) is 32.6 Å². The van der Waals surface area contributed by atoms with Crippen LogP contribution in [0, 0.1) is 0 Å². The van der Waals surface area contributed by atoms with Crippen LogP contribution >= 0.6 is 0 Å². The molecule has 0 radical (unpaired) electrons. The molecule has 0 bridgehead atoms. The third-order valence-corrected chi connectivity index (χ3v) is 5.92. The lowest BCUT2D eigenvalue weighted by molar-refractivity contribution is 1.18. The van der Waals surface area contributed by atoms with Crippen LogP contribution in [0.5, 0.6) is 0 Å². The van der Waals surface area contributed by atoms with Crippen LogP contribution in [0.15, 0.2) is 109 Å². The molecule has 5 aromatic carbocycles. The monoisotopic (exact) mass is 384 g/mol. The molecule has 1 aromatic heterocycles. The number of nitrogens with two attached hydrogens (primary N) is 1. The highest BCUT2D eigenvalue weighted by Crippen LogP contribution is 2.37. The van der Waals surface area contributed by atoms with Crippen molar-refractivity contribution in [2.45, 2.75) is 0 Å². The lowest BCUT2D eigenvalue weighted by atomic mass is 9.98. The summed E-state index contributed by atoms with van der Waals surface area (Å²) in [4.78, 5) is 0. The molecular formula is C28H20N2. The molecule has 6 aromatic rings. The van der Waals surface area contributed by atoms with Crippen molar-refractivity contribution in [1.29, 1.82) is 0 Å². The van der Waals surface area contributed by atoms with Crippen molar-refractivity contribution in [1.82, 2.24) is 4.57 Å². The molecule has 2 heteroatoms. The van der Waals surface area contributed by atoms with Crippen LogP contribution in [0.1, 0.15) is 0 Å². The molecular weight excluding hydrogens is 364 g/mol. The normalized spacial score (nSPS) is 11.5. The Bertz CT molecular complexity index is 1540. The number of nitrogens with zero attached hydrogens (tertiary/aromatic N) is 1. The van der Waals surface area contributed by atoms with Crippen molar-refractivity contribution in [2.24, 2.45) is 0 Å². The number of para-hydroxylation sites is 2. The average Bonchev–Trinajstić information content (AvgIpc) is 3.13. The maximum absolute atomic E-state index is 6.48. The van der Waals surface area contributed by atoms with E-state index in [9.17, 15) is 0 Å². The quantitative estimate of drug-likeness (QED) is 0.315. The van der Waals surface area contributed by atoms with Crippen LogP contribution in [0.25, 0.3) is 49.4 Å². The van der Waals surface area contributed by atoms with Crippen LogP contribution in [-0.2, 0) is 0 Å². The van der Waals surface area contributed by atoms with Gasteiger partial charge in [-0.05, 0) is 52.7 Å². The lowest BCUT2D eigenvalue weighted by Gasteiger charge is -2.11. The smallest absolute Gasteiger partial charge is 0.0547 e. The summed E-state index contributed by atoms with van der Waals surface area (Å²) < 4.78 is 2.34. The van der Waals surface area contributed by atoms with Crippen molar-refractivity contribution in [3.8, 4) is 16.8 Å². The molecule has 0 saturated carbocycles. The molecule has 0 unspecified atom stereocenters. The van der Waals surface area contributed by atoms with Gasteiger partial charge in [0.25, 0.3) is 0 Å². The minimum Gasteiger partial charge on any atom is -0.398 e. The summed E-state index contributed by atoms with van der Waals surface area (Å²) in [5.74, 6) is 0. The molecule has 0 aliphatic heterocycles. The number of anilines is 1. The Hall–Kier alpha value is -4.04. The zero-order chi connectivity index (χ0) is 20.1. The number of fused-ring (bicyclic) bond motifs is 4. The van der Waals surface area contributed by atoms with E-state index < -0.39 is 0 Å². The Morgan fingerprint density at radius 2 is 1.20 bits per heavy atom. The molecule has 0 aliphatic carbocycles. The fourth-order valence-corrected chi connectivity index (χ4v) is 4.50. The van der Waals surface area contributed by atoms with Gasteiger partial charge in [-0.15, -0.1) is 0 Å². The van der Waals surface area contributed by atoms with Crippen LogP contribution in [-0.4, -0.2) is 4.57 Å². The first-order valence-corrected chi connectivity index (χ1v) is 10.2. The summed E-state index contributed by atoms with van der Waals surface area (Å²) in [7, 11) is 0. The highest BCUT2D eigenvalue weighted by molar-refractivity contribution is 6.10. The van der Waals surface area contributed by atoms with Gasteiger partial charge in [0.2, 0.25) is 0 Å². The SMILES string of the molecule is Nc1cc2ccccc2cc1-c1ccc2c3ccccc3n(-c3ccccc3)c2c1. The van der Waals surface area contributed by atoms with Crippen molar-refractivity contribution in [3.05, 3.63) is 109 Å². The van der Waals surface area contributed by atoms with Gasteiger partial charge < -0.3 is 10.3 Å². The zero-order valence-electron chi connectivity index (χ0n) is 16.4. The van der Waals surface area contributed by atoms with E-state index in [0.29, 0.717) is 0 Å². The van der Waals surface area contributed by atoms with Gasteiger partial charge in [0.1, 0.15) is 0 Å². The standard InChI is InChI=1S/C28H20N2/c29-26-17-20-9-5-4-8-19(20)16-25(26)21-14-15-24-23-12-6-7-13-27(23)30(28(24)18-21)22-10-2-1-3-11-22/h1-18H,29H2. The summed E-state index contributed by atoms with van der Waals surface area (Å²) in [5, 5.41) is 4.87. The maximum atomic E-state index is 6.48. The molecule has 2 nitrogen and oxygen atoms in total. The third-order valence-electron chi connectivity index (χ3n) is 5.92. The molecule has 0 amide bonds. The molecule has 0 saturated heterocycles. The highest BCUT2D eigenvalue weighted by atomic mass is 15.0. The largest absolute Gasteiger partial charge is 0.398 e. The Morgan fingerprint density at radius 1 is 0.533 bits per heavy atom. The lowest BCUT2D eigenvalue weighted by Crippen LogP contribution is -1.94. The zero-order valence-corrected chi connectivity index (χ0v) is 16.4.